The molecule has 0 aromatic heterocycles. The van der Waals surface area contributed by atoms with Crippen LogP contribution in [0.4, 0.5) is 0 Å². The van der Waals surface area contributed by atoms with Crippen LogP contribution in [-0.4, -0.2) is 60.9 Å². The van der Waals surface area contributed by atoms with Crippen molar-refractivity contribution in [2.45, 2.75) is 123 Å². The molecule has 0 aliphatic rings. The summed E-state index contributed by atoms with van der Waals surface area (Å²) in [6.45, 7) is 3.55. The summed E-state index contributed by atoms with van der Waals surface area (Å²) in [5.41, 5.74) is 0. The van der Waals surface area contributed by atoms with E-state index in [2.05, 4.69) is 11.7 Å². The number of esters is 2. The summed E-state index contributed by atoms with van der Waals surface area (Å²) < 4.78 is 4.50. The fourth-order valence-corrected chi connectivity index (χ4v) is 2.89. The molecule has 0 radical (unpaired) electrons. The first kappa shape index (κ1) is 28.6. The van der Waals surface area contributed by atoms with Gasteiger partial charge in [0.15, 0.2) is 0 Å². The minimum absolute atomic E-state index is 0. The second-order valence-electron chi connectivity index (χ2n) is 7.17. The van der Waals surface area contributed by atoms with Gasteiger partial charge in [0, 0.05) is 6.42 Å². The van der Waals surface area contributed by atoms with Crippen molar-refractivity contribution >= 4 is 49.7 Å². The van der Waals surface area contributed by atoms with E-state index in [0.717, 1.165) is 19.3 Å². The molecule has 0 rings (SSSR count). The van der Waals surface area contributed by atoms with E-state index in [-0.39, 0.29) is 44.2 Å². The molecule has 0 fully saturated rings. The van der Waals surface area contributed by atoms with E-state index in [1.54, 1.807) is 0 Å². The molecule has 0 saturated heterocycles. The molecule has 0 bridgehead atoms. The average molecular weight is 399 g/mol. The Morgan fingerprint density at radius 3 is 1.42 bits per heavy atom. The minimum atomic E-state index is -1.23. The van der Waals surface area contributed by atoms with E-state index in [4.69, 9.17) is 5.11 Å². The van der Waals surface area contributed by atoms with Crippen molar-refractivity contribution in [1.82, 2.24) is 0 Å². The molecule has 0 heterocycles. The molecule has 0 saturated carbocycles. The standard InChI is InChI=1S/C21H40O4.Ca.2H/c1-3-4-5-6-7-8-9-10-11-12-13-14-15-16-17-18-20(23)25-21(24)19(2)22;;;/h19,22H,3-18H2,1-2H3;;;. The number of hydrogen-bond donors (Lipinski definition) is 1. The zero-order chi connectivity index (χ0) is 18.8. The second-order valence-corrected chi connectivity index (χ2v) is 7.17. The Bertz CT molecular complexity index is 332. The normalized spacial score (nSPS) is 11.7. The number of carbonyl (C=O) groups is 2. The predicted octanol–water partition coefficient (Wildman–Crippen LogP) is 4.78. The fourth-order valence-electron chi connectivity index (χ4n) is 2.89. The van der Waals surface area contributed by atoms with Crippen molar-refractivity contribution in [2.75, 3.05) is 0 Å². The molecular weight excluding hydrogens is 356 g/mol. The molecular formula is C21H42CaO4. The van der Waals surface area contributed by atoms with Gasteiger partial charge in [0.1, 0.15) is 6.10 Å². The first-order valence-electron chi connectivity index (χ1n) is 10.5. The van der Waals surface area contributed by atoms with Gasteiger partial charge in [-0.25, -0.2) is 4.79 Å². The van der Waals surface area contributed by atoms with Crippen molar-refractivity contribution in [3.63, 3.8) is 0 Å². The van der Waals surface area contributed by atoms with Crippen molar-refractivity contribution in [2.24, 2.45) is 0 Å². The van der Waals surface area contributed by atoms with Crippen molar-refractivity contribution in [3.05, 3.63) is 0 Å². The summed E-state index contributed by atoms with van der Waals surface area (Å²) in [5.74, 6) is -1.38. The SMILES string of the molecule is CCCCCCCCCCCCCCCCCC(=O)OC(=O)C(C)O.[CaH2]. The molecule has 0 aromatic carbocycles. The van der Waals surface area contributed by atoms with Gasteiger partial charge in [0.2, 0.25) is 0 Å². The molecule has 152 valence electrons. The first-order chi connectivity index (χ1) is 12.1. The van der Waals surface area contributed by atoms with Crippen molar-refractivity contribution in [1.29, 1.82) is 0 Å². The van der Waals surface area contributed by atoms with E-state index in [9.17, 15) is 9.59 Å². The van der Waals surface area contributed by atoms with Gasteiger partial charge in [-0.1, -0.05) is 96.8 Å². The molecule has 26 heavy (non-hydrogen) atoms. The van der Waals surface area contributed by atoms with Crippen LogP contribution in [0.5, 0.6) is 0 Å². The number of unbranched alkanes of at least 4 members (excludes halogenated alkanes) is 14. The molecule has 0 aromatic rings. The quantitative estimate of drug-likeness (QED) is 0.166. The first-order valence-corrected chi connectivity index (χ1v) is 10.5. The Labute approximate surface area is 190 Å². The third kappa shape index (κ3) is 20.7. The van der Waals surface area contributed by atoms with Crippen LogP contribution in [0.1, 0.15) is 117 Å². The van der Waals surface area contributed by atoms with Crippen LogP contribution in [0.15, 0.2) is 0 Å². The Morgan fingerprint density at radius 1 is 0.731 bits per heavy atom. The van der Waals surface area contributed by atoms with E-state index in [1.807, 2.05) is 0 Å². The number of carbonyl (C=O) groups excluding carboxylic acids is 2. The molecule has 1 N–H and O–H groups in total. The van der Waals surface area contributed by atoms with Gasteiger partial charge in [0.05, 0.1) is 0 Å². The van der Waals surface area contributed by atoms with Crippen LogP contribution in [0, 0.1) is 0 Å². The third-order valence-corrected chi connectivity index (χ3v) is 4.54. The van der Waals surface area contributed by atoms with Gasteiger partial charge in [-0.2, -0.15) is 0 Å². The van der Waals surface area contributed by atoms with Gasteiger partial charge >= 0.3 is 49.7 Å². The second kappa shape index (κ2) is 21.7. The maximum atomic E-state index is 11.3. The van der Waals surface area contributed by atoms with Gasteiger partial charge in [0.25, 0.3) is 0 Å². The molecule has 0 spiro atoms. The maximum absolute atomic E-state index is 11.3. The molecule has 0 aliphatic heterocycles. The topological polar surface area (TPSA) is 63.6 Å². The molecule has 1 unspecified atom stereocenters. The molecule has 0 amide bonds. The van der Waals surface area contributed by atoms with Crippen LogP contribution >= 0.6 is 0 Å². The van der Waals surface area contributed by atoms with Gasteiger partial charge in [-0.15, -0.1) is 0 Å². The van der Waals surface area contributed by atoms with Crippen LogP contribution in [0.2, 0.25) is 0 Å². The van der Waals surface area contributed by atoms with Crippen LogP contribution in [-0.2, 0) is 14.3 Å². The summed E-state index contributed by atoms with van der Waals surface area (Å²) in [4.78, 5) is 22.4. The van der Waals surface area contributed by atoms with E-state index >= 15 is 0 Å². The predicted molar refractivity (Wildman–Crippen MR) is 111 cm³/mol. The van der Waals surface area contributed by atoms with Crippen LogP contribution < -0.4 is 0 Å². The number of hydrogen-bond acceptors (Lipinski definition) is 4. The molecule has 5 heteroatoms. The molecule has 0 aliphatic carbocycles. The number of rotatable bonds is 17. The number of ether oxygens (including phenoxy) is 1. The Kier molecular flexibility index (Phi) is 23.8. The molecule has 1 atom stereocenters. The summed E-state index contributed by atoms with van der Waals surface area (Å²) in [6.07, 6.45) is 18.2. The fraction of sp³-hybridized carbons (Fsp3) is 0.905. The Balaban J connectivity index is 0. The van der Waals surface area contributed by atoms with E-state index in [0.29, 0.717) is 0 Å². The number of aliphatic hydroxyl groups excluding tert-OH is 1. The van der Waals surface area contributed by atoms with Gasteiger partial charge < -0.3 is 9.84 Å². The van der Waals surface area contributed by atoms with Crippen molar-refractivity contribution < 1.29 is 19.4 Å². The zero-order valence-electron chi connectivity index (χ0n) is 16.6. The Hall–Kier alpha value is 0.360. The molecule has 4 nitrogen and oxygen atoms in total. The van der Waals surface area contributed by atoms with Crippen LogP contribution in [0.25, 0.3) is 0 Å². The van der Waals surface area contributed by atoms with Gasteiger partial charge in [-0.3, -0.25) is 4.79 Å². The van der Waals surface area contributed by atoms with E-state index < -0.39 is 18.0 Å². The average Bonchev–Trinajstić information content (AvgIpc) is 2.58. The summed E-state index contributed by atoms with van der Waals surface area (Å²) in [6, 6.07) is 0. The summed E-state index contributed by atoms with van der Waals surface area (Å²) >= 11 is 0. The van der Waals surface area contributed by atoms with Crippen LogP contribution in [0.3, 0.4) is 0 Å². The Morgan fingerprint density at radius 2 is 1.08 bits per heavy atom. The number of aliphatic hydroxyl groups is 1. The van der Waals surface area contributed by atoms with Gasteiger partial charge in [-0.05, 0) is 13.3 Å². The monoisotopic (exact) mass is 398 g/mol. The summed E-state index contributed by atoms with van der Waals surface area (Å²) in [7, 11) is 0. The van der Waals surface area contributed by atoms with Crippen molar-refractivity contribution in [3.8, 4) is 0 Å². The van der Waals surface area contributed by atoms with E-state index in [1.165, 1.54) is 84.0 Å². The third-order valence-electron chi connectivity index (χ3n) is 4.54. The summed E-state index contributed by atoms with van der Waals surface area (Å²) in [5, 5.41) is 8.95. The zero-order valence-corrected chi connectivity index (χ0v) is 16.6.